The molecule has 0 radical (unpaired) electrons. The molecule has 16 heavy (non-hydrogen) atoms. The van der Waals surface area contributed by atoms with E-state index in [1.807, 2.05) is 11.4 Å². The first-order valence-corrected chi connectivity index (χ1v) is 5.71. The van der Waals surface area contributed by atoms with Gasteiger partial charge in [-0.1, -0.05) is 0 Å². The lowest BCUT2D eigenvalue weighted by molar-refractivity contribution is 0.628. The molecule has 1 aromatic heterocycles. The highest BCUT2D eigenvalue weighted by Crippen LogP contribution is 2.25. The lowest BCUT2D eigenvalue weighted by Gasteiger charge is -1.99. The number of hydrazone groups is 1. The van der Waals surface area contributed by atoms with Crippen molar-refractivity contribution in [3.8, 4) is 0 Å². The summed E-state index contributed by atoms with van der Waals surface area (Å²) in [5.41, 5.74) is 8.03. The standard InChI is InChI=1S/C10H8FN3S2/c11-8-1-2-9-6(3-4-16-9)7(8)5-13-14-10(12)15/h1-5H,(H3,12,14,15). The smallest absolute Gasteiger partial charge is 0.184 e. The van der Waals surface area contributed by atoms with Crippen LogP contribution in [0.15, 0.2) is 28.7 Å². The van der Waals surface area contributed by atoms with Crippen LogP contribution >= 0.6 is 23.6 Å². The molecule has 3 N–H and O–H groups in total. The molecule has 0 aliphatic heterocycles. The van der Waals surface area contributed by atoms with E-state index in [0.29, 0.717) is 5.56 Å². The van der Waals surface area contributed by atoms with Crippen LogP contribution in [0, 0.1) is 5.82 Å². The normalized spacial score (nSPS) is 11.1. The van der Waals surface area contributed by atoms with E-state index in [4.69, 9.17) is 5.73 Å². The van der Waals surface area contributed by atoms with Crippen molar-refractivity contribution >= 4 is 45.0 Å². The van der Waals surface area contributed by atoms with E-state index < -0.39 is 0 Å². The van der Waals surface area contributed by atoms with Gasteiger partial charge < -0.3 is 5.73 Å². The third-order valence-electron chi connectivity index (χ3n) is 1.99. The van der Waals surface area contributed by atoms with Gasteiger partial charge in [-0.05, 0) is 35.8 Å². The van der Waals surface area contributed by atoms with E-state index in [0.717, 1.165) is 10.1 Å². The second-order valence-corrected chi connectivity index (χ2v) is 4.42. The van der Waals surface area contributed by atoms with Gasteiger partial charge in [0.2, 0.25) is 0 Å². The van der Waals surface area contributed by atoms with Gasteiger partial charge in [0.1, 0.15) is 5.82 Å². The number of fused-ring (bicyclic) bond motifs is 1. The average molecular weight is 253 g/mol. The third-order valence-corrected chi connectivity index (χ3v) is 2.97. The molecule has 6 heteroatoms. The fraction of sp³-hybridized carbons (Fsp3) is 0. The van der Waals surface area contributed by atoms with Crippen LogP contribution in [0.5, 0.6) is 0 Å². The molecule has 0 saturated heterocycles. The van der Waals surface area contributed by atoms with E-state index in [9.17, 15) is 4.39 Å². The van der Waals surface area contributed by atoms with Crippen molar-refractivity contribution in [2.75, 3.05) is 0 Å². The molecule has 0 bridgehead atoms. The first kappa shape index (κ1) is 11.0. The Labute approximate surface area is 101 Å². The minimum Gasteiger partial charge on any atom is -0.375 e. The molecular weight excluding hydrogens is 245 g/mol. The van der Waals surface area contributed by atoms with E-state index in [-0.39, 0.29) is 10.9 Å². The number of thiocarbonyl (C=S) groups is 1. The van der Waals surface area contributed by atoms with Crippen LogP contribution in [0.4, 0.5) is 4.39 Å². The van der Waals surface area contributed by atoms with E-state index >= 15 is 0 Å². The summed E-state index contributed by atoms with van der Waals surface area (Å²) in [6.07, 6.45) is 1.38. The number of rotatable bonds is 2. The SMILES string of the molecule is NC(=S)NN=Cc1c(F)ccc2sccc12. The summed E-state index contributed by atoms with van der Waals surface area (Å²) in [6.45, 7) is 0. The second kappa shape index (κ2) is 4.54. The zero-order chi connectivity index (χ0) is 11.5. The molecule has 0 fully saturated rings. The Kier molecular flexibility index (Phi) is 3.12. The maximum atomic E-state index is 13.5. The number of nitrogens with one attached hydrogen (secondary N) is 1. The Bertz CT molecular complexity index is 562. The zero-order valence-electron chi connectivity index (χ0n) is 8.11. The van der Waals surface area contributed by atoms with Crippen molar-refractivity contribution in [2.45, 2.75) is 0 Å². The first-order chi connectivity index (χ1) is 7.68. The molecule has 1 aromatic carbocycles. The number of nitrogens with zero attached hydrogens (tertiary/aromatic N) is 1. The van der Waals surface area contributed by atoms with E-state index in [2.05, 4.69) is 22.7 Å². The highest BCUT2D eigenvalue weighted by molar-refractivity contribution is 7.80. The first-order valence-electron chi connectivity index (χ1n) is 4.42. The summed E-state index contributed by atoms with van der Waals surface area (Å²) >= 11 is 6.13. The molecule has 2 rings (SSSR count). The molecule has 0 amide bonds. The van der Waals surface area contributed by atoms with Gasteiger partial charge in [-0.25, -0.2) is 4.39 Å². The fourth-order valence-corrected chi connectivity index (χ4v) is 2.19. The van der Waals surface area contributed by atoms with Gasteiger partial charge >= 0.3 is 0 Å². The van der Waals surface area contributed by atoms with Crippen LogP contribution in [0.2, 0.25) is 0 Å². The topological polar surface area (TPSA) is 50.4 Å². The minimum atomic E-state index is -0.320. The summed E-state index contributed by atoms with van der Waals surface area (Å²) in [4.78, 5) is 0. The van der Waals surface area contributed by atoms with Crippen LogP contribution in [-0.2, 0) is 0 Å². The molecular formula is C10H8FN3S2. The minimum absolute atomic E-state index is 0.0501. The van der Waals surface area contributed by atoms with Crippen LogP contribution in [0.3, 0.4) is 0 Å². The highest BCUT2D eigenvalue weighted by Gasteiger charge is 2.05. The molecule has 0 spiro atoms. The number of halogens is 1. The molecule has 1 heterocycles. The van der Waals surface area contributed by atoms with Gasteiger partial charge in [-0.15, -0.1) is 11.3 Å². The maximum absolute atomic E-state index is 13.5. The van der Waals surface area contributed by atoms with Gasteiger partial charge in [0.15, 0.2) is 5.11 Å². The van der Waals surface area contributed by atoms with Gasteiger partial charge in [-0.2, -0.15) is 5.10 Å². The number of thiophene rings is 1. The lowest BCUT2D eigenvalue weighted by Crippen LogP contribution is -2.24. The van der Waals surface area contributed by atoms with E-state index in [1.165, 1.54) is 12.3 Å². The lowest BCUT2D eigenvalue weighted by atomic mass is 10.1. The van der Waals surface area contributed by atoms with Crippen molar-refractivity contribution in [3.63, 3.8) is 0 Å². The van der Waals surface area contributed by atoms with Crippen LogP contribution < -0.4 is 11.2 Å². The number of nitrogens with two attached hydrogens (primary N) is 1. The van der Waals surface area contributed by atoms with Gasteiger partial charge in [-0.3, -0.25) is 5.43 Å². The Hall–Kier alpha value is -1.53. The molecule has 3 nitrogen and oxygen atoms in total. The molecule has 0 saturated carbocycles. The van der Waals surface area contributed by atoms with E-state index in [1.54, 1.807) is 17.4 Å². The zero-order valence-corrected chi connectivity index (χ0v) is 9.74. The van der Waals surface area contributed by atoms with Crippen molar-refractivity contribution in [3.05, 3.63) is 35.0 Å². The number of hydrogen-bond acceptors (Lipinski definition) is 3. The Morgan fingerprint density at radius 3 is 3.06 bits per heavy atom. The molecule has 0 unspecified atom stereocenters. The largest absolute Gasteiger partial charge is 0.375 e. The Balaban J connectivity index is 2.41. The summed E-state index contributed by atoms with van der Waals surface area (Å²) in [5, 5.41) is 6.54. The summed E-state index contributed by atoms with van der Waals surface area (Å²) in [6, 6.07) is 5.01. The summed E-state index contributed by atoms with van der Waals surface area (Å²) in [7, 11) is 0. The van der Waals surface area contributed by atoms with Gasteiger partial charge in [0, 0.05) is 15.6 Å². The molecule has 82 valence electrons. The van der Waals surface area contributed by atoms with Crippen molar-refractivity contribution in [1.29, 1.82) is 0 Å². The van der Waals surface area contributed by atoms with Crippen LogP contribution in [0.25, 0.3) is 10.1 Å². The molecule has 0 atom stereocenters. The molecule has 2 aromatic rings. The predicted octanol–water partition coefficient (Wildman–Crippen LogP) is 2.21. The quantitative estimate of drug-likeness (QED) is 0.490. The van der Waals surface area contributed by atoms with Gasteiger partial charge in [0.05, 0.1) is 6.21 Å². The maximum Gasteiger partial charge on any atom is 0.184 e. The van der Waals surface area contributed by atoms with Crippen molar-refractivity contribution in [1.82, 2.24) is 5.43 Å². The van der Waals surface area contributed by atoms with Gasteiger partial charge in [0.25, 0.3) is 0 Å². The monoisotopic (exact) mass is 253 g/mol. The van der Waals surface area contributed by atoms with Crippen molar-refractivity contribution < 1.29 is 4.39 Å². The average Bonchev–Trinajstić information content (AvgIpc) is 2.69. The predicted molar refractivity (Wildman–Crippen MR) is 69.3 cm³/mol. The van der Waals surface area contributed by atoms with Crippen LogP contribution in [-0.4, -0.2) is 11.3 Å². The highest BCUT2D eigenvalue weighted by atomic mass is 32.1. The third kappa shape index (κ3) is 2.17. The number of benzene rings is 1. The summed E-state index contributed by atoms with van der Waals surface area (Å²) < 4.78 is 14.6. The Morgan fingerprint density at radius 2 is 2.31 bits per heavy atom. The number of hydrogen-bond donors (Lipinski definition) is 2. The van der Waals surface area contributed by atoms with Crippen LogP contribution in [0.1, 0.15) is 5.56 Å². The van der Waals surface area contributed by atoms with Crippen molar-refractivity contribution in [2.24, 2.45) is 10.8 Å². The Morgan fingerprint density at radius 1 is 1.50 bits per heavy atom. The second-order valence-electron chi connectivity index (χ2n) is 3.03. The summed E-state index contributed by atoms with van der Waals surface area (Å²) in [5.74, 6) is -0.320. The molecule has 0 aliphatic rings. The fourth-order valence-electron chi connectivity index (χ4n) is 1.33. The molecule has 0 aliphatic carbocycles.